The fourth-order valence-electron chi connectivity index (χ4n) is 4.48. The largest absolute Gasteiger partial charge is 0.416 e. The Balaban J connectivity index is 1.61. The maximum Gasteiger partial charge on any atom is 0.416 e. The molecule has 1 saturated heterocycles. The van der Waals surface area contributed by atoms with E-state index in [2.05, 4.69) is 59.5 Å². The number of hydrogen-bond donors (Lipinski definition) is 0. The number of rotatable bonds is 11. The molecule has 0 N–H and O–H groups in total. The summed E-state index contributed by atoms with van der Waals surface area (Å²) in [6.45, 7) is 10.6. The third kappa shape index (κ3) is 8.29. The van der Waals surface area contributed by atoms with E-state index < -0.39 is 11.7 Å². The van der Waals surface area contributed by atoms with E-state index in [1.165, 1.54) is 41.7 Å². The molecule has 0 aromatic heterocycles. The molecule has 0 saturated carbocycles. The zero-order valence-electron chi connectivity index (χ0n) is 21.9. The first-order valence-corrected chi connectivity index (χ1v) is 14.3. The van der Waals surface area contributed by atoms with Gasteiger partial charge in [0.15, 0.2) is 0 Å². The first kappa shape index (κ1) is 28.6. The van der Waals surface area contributed by atoms with Crippen molar-refractivity contribution >= 4 is 22.9 Å². The molecule has 0 spiro atoms. The van der Waals surface area contributed by atoms with E-state index in [1.807, 2.05) is 0 Å². The molecule has 36 heavy (non-hydrogen) atoms. The summed E-state index contributed by atoms with van der Waals surface area (Å²) in [4.78, 5) is 4.74. The van der Waals surface area contributed by atoms with Crippen LogP contribution in [0.3, 0.4) is 0 Å². The van der Waals surface area contributed by atoms with Crippen molar-refractivity contribution in [3.63, 3.8) is 0 Å². The van der Waals surface area contributed by atoms with E-state index in [0.717, 1.165) is 51.1 Å². The SMILES string of the molecule is C=S(N1CCCC1)N(CC)Cc1cccc(CC/C(N=CC2C=CC(C(F)(F)F)=CC2)=C(\C)CC)c1. The molecule has 0 radical (unpaired) electrons. The zero-order chi connectivity index (χ0) is 26.1. The van der Waals surface area contributed by atoms with Crippen molar-refractivity contribution in [1.82, 2.24) is 8.61 Å². The van der Waals surface area contributed by atoms with Gasteiger partial charge in [-0.3, -0.25) is 4.99 Å². The Morgan fingerprint density at radius 3 is 2.56 bits per heavy atom. The third-order valence-corrected chi connectivity index (χ3v) is 8.86. The van der Waals surface area contributed by atoms with Crippen molar-refractivity contribution in [1.29, 1.82) is 0 Å². The third-order valence-electron chi connectivity index (χ3n) is 6.92. The number of halogens is 3. The number of allylic oxidation sites excluding steroid dienone is 6. The highest BCUT2D eigenvalue weighted by atomic mass is 32.2. The van der Waals surface area contributed by atoms with Crippen LogP contribution in [0, 0.1) is 5.92 Å². The predicted molar refractivity (Wildman–Crippen MR) is 149 cm³/mol. The van der Waals surface area contributed by atoms with Crippen LogP contribution in [0.2, 0.25) is 0 Å². The van der Waals surface area contributed by atoms with Gasteiger partial charge < -0.3 is 0 Å². The van der Waals surface area contributed by atoms with Crippen molar-refractivity contribution in [2.75, 3.05) is 19.6 Å². The van der Waals surface area contributed by atoms with Crippen LogP contribution in [-0.2, 0) is 13.0 Å². The van der Waals surface area contributed by atoms with Crippen LogP contribution >= 0.6 is 10.9 Å². The molecule has 1 aromatic rings. The standard InChI is InChI=1S/C29H40F3N3S/c1-5-23(3)28(33-21-25-12-15-27(16-13-25)29(30,31)32)17-14-24-10-9-11-26(20-24)22-34(6-2)36(4)35-18-7-8-19-35/h9-12,15-16,20-21,25H,4-8,13-14,17-19,22H2,1-3H3/b28-23-,33-21?. The summed E-state index contributed by atoms with van der Waals surface area (Å²) in [6, 6.07) is 8.78. The van der Waals surface area contributed by atoms with Crippen LogP contribution in [-0.4, -0.2) is 46.5 Å². The predicted octanol–water partition coefficient (Wildman–Crippen LogP) is 7.89. The first-order valence-electron chi connectivity index (χ1n) is 13.0. The summed E-state index contributed by atoms with van der Waals surface area (Å²) in [5.41, 5.74) is 4.26. The Morgan fingerprint density at radius 2 is 1.94 bits per heavy atom. The molecular formula is C29H40F3N3S. The molecule has 1 aliphatic carbocycles. The van der Waals surface area contributed by atoms with Crippen LogP contribution in [0.5, 0.6) is 0 Å². The van der Waals surface area contributed by atoms with Crippen molar-refractivity contribution in [3.05, 3.63) is 70.5 Å². The van der Waals surface area contributed by atoms with Crippen LogP contribution in [0.15, 0.2) is 64.3 Å². The average Bonchev–Trinajstić information content (AvgIpc) is 3.41. The van der Waals surface area contributed by atoms with E-state index in [4.69, 9.17) is 4.99 Å². The van der Waals surface area contributed by atoms with Gasteiger partial charge in [0.05, 0.1) is 5.57 Å². The minimum absolute atomic E-state index is 0.103. The van der Waals surface area contributed by atoms with Gasteiger partial charge in [-0.15, -0.1) is 0 Å². The van der Waals surface area contributed by atoms with Crippen molar-refractivity contribution in [2.24, 2.45) is 10.9 Å². The fourth-order valence-corrected chi connectivity index (χ4v) is 6.09. The average molecular weight is 520 g/mol. The summed E-state index contributed by atoms with van der Waals surface area (Å²) in [5.74, 6) is 4.36. The van der Waals surface area contributed by atoms with Gasteiger partial charge in [-0.1, -0.05) is 72.8 Å². The van der Waals surface area contributed by atoms with E-state index in [1.54, 1.807) is 12.3 Å². The van der Waals surface area contributed by atoms with Gasteiger partial charge in [0, 0.05) is 44.0 Å². The number of benzene rings is 1. The lowest BCUT2D eigenvalue weighted by atomic mass is 9.97. The van der Waals surface area contributed by atoms with E-state index in [9.17, 15) is 13.2 Å². The number of hydrogen-bond acceptors (Lipinski definition) is 3. The van der Waals surface area contributed by atoms with Gasteiger partial charge >= 0.3 is 6.18 Å². The molecule has 1 aromatic carbocycles. The van der Waals surface area contributed by atoms with Crippen LogP contribution in [0.1, 0.15) is 64.0 Å². The van der Waals surface area contributed by atoms with E-state index in [-0.39, 0.29) is 16.8 Å². The molecule has 2 unspecified atom stereocenters. The summed E-state index contributed by atoms with van der Waals surface area (Å²) >= 11 is 0. The molecule has 1 heterocycles. The lowest BCUT2D eigenvalue weighted by Crippen LogP contribution is -2.26. The van der Waals surface area contributed by atoms with Crippen LogP contribution < -0.4 is 0 Å². The topological polar surface area (TPSA) is 18.8 Å². The molecule has 1 aliphatic heterocycles. The second-order valence-corrected chi connectivity index (χ2v) is 11.2. The molecule has 198 valence electrons. The summed E-state index contributed by atoms with van der Waals surface area (Å²) in [5, 5.41) is 0. The summed E-state index contributed by atoms with van der Waals surface area (Å²) in [7, 11) is -0.103. The van der Waals surface area contributed by atoms with Gasteiger partial charge in [-0.2, -0.15) is 13.2 Å². The van der Waals surface area contributed by atoms with E-state index >= 15 is 0 Å². The van der Waals surface area contributed by atoms with Gasteiger partial charge in [0.25, 0.3) is 0 Å². The molecular weight excluding hydrogens is 479 g/mol. The molecule has 3 rings (SSSR count). The minimum Gasteiger partial charge on any atom is -0.265 e. The van der Waals surface area contributed by atoms with Gasteiger partial charge in [-0.25, -0.2) is 8.61 Å². The van der Waals surface area contributed by atoms with Crippen molar-refractivity contribution < 1.29 is 13.2 Å². The first-order chi connectivity index (χ1) is 17.2. The second kappa shape index (κ2) is 13.5. The molecule has 2 aliphatic rings. The molecule has 7 heteroatoms. The van der Waals surface area contributed by atoms with Gasteiger partial charge in [-0.05, 0) is 62.4 Å². The highest BCUT2D eigenvalue weighted by Crippen LogP contribution is 2.31. The quantitative estimate of drug-likeness (QED) is 0.219. The van der Waals surface area contributed by atoms with Crippen LogP contribution in [0.4, 0.5) is 13.2 Å². The van der Waals surface area contributed by atoms with Crippen molar-refractivity contribution in [3.8, 4) is 0 Å². The number of aliphatic imine (C=N–C) groups is 1. The highest BCUT2D eigenvalue weighted by molar-refractivity contribution is 8.09. The van der Waals surface area contributed by atoms with Crippen molar-refractivity contribution in [2.45, 2.75) is 72.0 Å². The lowest BCUT2D eigenvalue weighted by Gasteiger charge is -2.30. The van der Waals surface area contributed by atoms with Gasteiger partial charge in [0.2, 0.25) is 0 Å². The Bertz CT molecular complexity index is 1020. The second-order valence-electron chi connectivity index (χ2n) is 9.53. The lowest BCUT2D eigenvalue weighted by molar-refractivity contribution is -0.0886. The Kier molecular flexibility index (Phi) is 10.8. The van der Waals surface area contributed by atoms with E-state index in [0.29, 0.717) is 6.42 Å². The molecule has 2 atom stereocenters. The Morgan fingerprint density at radius 1 is 1.22 bits per heavy atom. The fraction of sp³-hybridized carbons (Fsp3) is 0.517. The monoisotopic (exact) mass is 519 g/mol. The Hall–Kier alpha value is -1.96. The number of nitrogens with zero attached hydrogens (tertiary/aromatic N) is 3. The highest BCUT2D eigenvalue weighted by Gasteiger charge is 2.32. The number of aryl methyl sites for hydroxylation is 1. The summed E-state index contributed by atoms with van der Waals surface area (Å²) in [6.07, 6.45) is 7.01. The number of alkyl halides is 3. The molecule has 0 amide bonds. The summed E-state index contributed by atoms with van der Waals surface area (Å²) < 4.78 is 43.5. The normalized spacial score (nSPS) is 20.8. The zero-order valence-corrected chi connectivity index (χ0v) is 22.7. The van der Waals surface area contributed by atoms with Crippen LogP contribution in [0.25, 0.3) is 0 Å². The Labute approximate surface area is 217 Å². The molecule has 3 nitrogen and oxygen atoms in total. The smallest absolute Gasteiger partial charge is 0.265 e. The maximum atomic E-state index is 12.9. The molecule has 1 fully saturated rings. The molecule has 0 bridgehead atoms. The minimum atomic E-state index is -4.28. The van der Waals surface area contributed by atoms with Gasteiger partial charge in [0.1, 0.15) is 0 Å². The maximum absolute atomic E-state index is 12.9.